The van der Waals surface area contributed by atoms with Gasteiger partial charge in [-0.15, -0.1) is 0 Å². The van der Waals surface area contributed by atoms with E-state index in [1.165, 1.54) is 6.20 Å². The molecule has 0 saturated heterocycles. The third-order valence-electron chi connectivity index (χ3n) is 3.61. The summed E-state index contributed by atoms with van der Waals surface area (Å²) in [7, 11) is 0. The number of rotatable bonds is 7. The molecular weight excluding hydrogens is 392 g/mol. The number of aromatic nitrogens is 5. The van der Waals surface area contributed by atoms with Crippen LogP contribution >= 0.6 is 11.6 Å². The van der Waals surface area contributed by atoms with Gasteiger partial charge in [0.1, 0.15) is 11.4 Å². The Morgan fingerprint density at radius 3 is 2.63 bits per heavy atom. The first-order valence-electron chi connectivity index (χ1n) is 7.78. The van der Waals surface area contributed by atoms with Crippen molar-refractivity contribution in [3.63, 3.8) is 0 Å². The minimum Gasteiger partial charge on any atom is -0.351 e. The molecule has 0 aromatic carbocycles. The normalized spacial score (nSPS) is 11.7. The van der Waals surface area contributed by atoms with Crippen molar-refractivity contribution in [2.24, 2.45) is 0 Å². The molecule has 3 heterocycles. The molecule has 0 atom stereocenters. The van der Waals surface area contributed by atoms with Gasteiger partial charge in [-0.25, -0.2) is 27.1 Å². The van der Waals surface area contributed by atoms with E-state index in [1.807, 2.05) is 0 Å². The summed E-state index contributed by atoms with van der Waals surface area (Å²) in [5.74, 6) is -0.627. The van der Waals surface area contributed by atoms with Gasteiger partial charge in [-0.1, -0.05) is 11.6 Å². The van der Waals surface area contributed by atoms with Crippen LogP contribution in [0, 0.1) is 0 Å². The lowest BCUT2D eigenvalue weighted by molar-refractivity contribution is 0.0946. The molecular formula is C15H13ClF4N6O. The summed E-state index contributed by atoms with van der Waals surface area (Å²) in [5, 5.41) is 10.8. The van der Waals surface area contributed by atoms with Crippen LogP contribution in [0.5, 0.6) is 0 Å². The van der Waals surface area contributed by atoms with Gasteiger partial charge in [0.05, 0.1) is 11.2 Å². The predicted octanol–water partition coefficient (Wildman–Crippen LogP) is 3.27. The SMILES string of the molecule is O=C(NCCCn1cc(Cl)cn1)c1cc2nc(C(F)F)cc(C(F)F)n2n1. The first-order chi connectivity index (χ1) is 12.8. The second-order valence-electron chi connectivity index (χ2n) is 5.54. The zero-order valence-electron chi connectivity index (χ0n) is 13.6. The van der Waals surface area contributed by atoms with Crippen molar-refractivity contribution in [3.05, 3.63) is 46.6 Å². The molecule has 0 unspecified atom stereocenters. The molecule has 0 aliphatic carbocycles. The molecule has 0 bridgehead atoms. The third kappa shape index (κ3) is 4.35. The van der Waals surface area contributed by atoms with Crippen LogP contribution in [0.2, 0.25) is 5.02 Å². The average Bonchev–Trinajstić information content (AvgIpc) is 3.23. The number of carbonyl (C=O) groups excluding carboxylic acids is 1. The molecule has 7 nitrogen and oxygen atoms in total. The fourth-order valence-corrected chi connectivity index (χ4v) is 2.55. The number of nitrogens with zero attached hydrogens (tertiary/aromatic N) is 5. The van der Waals surface area contributed by atoms with E-state index in [2.05, 4.69) is 20.5 Å². The van der Waals surface area contributed by atoms with Gasteiger partial charge in [-0.3, -0.25) is 9.48 Å². The summed E-state index contributed by atoms with van der Waals surface area (Å²) in [6, 6.07) is 1.66. The number of aryl methyl sites for hydroxylation is 1. The Hall–Kier alpha value is -2.69. The van der Waals surface area contributed by atoms with Gasteiger partial charge in [-0.05, 0) is 12.5 Å². The maximum atomic E-state index is 13.1. The fraction of sp³-hybridized carbons (Fsp3) is 0.333. The van der Waals surface area contributed by atoms with Gasteiger partial charge in [0.25, 0.3) is 18.8 Å². The standard InChI is InChI=1S/C15H13ClF4N6O/c16-8-6-22-25(7-8)3-1-2-21-15(27)10-5-12-23-9(13(17)18)4-11(14(19)20)26(12)24-10/h4-7,13-14H,1-3H2,(H,21,27). The van der Waals surface area contributed by atoms with Crippen molar-refractivity contribution in [2.45, 2.75) is 25.8 Å². The number of halogens is 5. The largest absolute Gasteiger partial charge is 0.351 e. The molecule has 3 rings (SSSR count). The van der Waals surface area contributed by atoms with Gasteiger partial charge >= 0.3 is 0 Å². The Balaban J connectivity index is 1.70. The zero-order chi connectivity index (χ0) is 19.6. The summed E-state index contributed by atoms with van der Waals surface area (Å²) in [6.45, 7) is 0.772. The topological polar surface area (TPSA) is 77.1 Å². The summed E-state index contributed by atoms with van der Waals surface area (Å²) < 4.78 is 54.2. The van der Waals surface area contributed by atoms with E-state index in [4.69, 9.17) is 11.6 Å². The van der Waals surface area contributed by atoms with Crippen molar-refractivity contribution in [2.75, 3.05) is 6.54 Å². The molecule has 144 valence electrons. The van der Waals surface area contributed by atoms with E-state index < -0.39 is 30.1 Å². The minimum atomic E-state index is -3.05. The van der Waals surface area contributed by atoms with Crippen LogP contribution in [0.3, 0.4) is 0 Å². The number of nitrogens with one attached hydrogen (secondary N) is 1. The fourth-order valence-electron chi connectivity index (χ4n) is 2.39. The Morgan fingerprint density at radius 2 is 2.00 bits per heavy atom. The molecule has 3 aromatic rings. The number of alkyl halides is 4. The number of fused-ring (bicyclic) bond motifs is 1. The third-order valence-corrected chi connectivity index (χ3v) is 3.80. The lowest BCUT2D eigenvalue weighted by atomic mass is 10.3. The van der Waals surface area contributed by atoms with Crippen molar-refractivity contribution in [3.8, 4) is 0 Å². The maximum absolute atomic E-state index is 13.1. The van der Waals surface area contributed by atoms with Crippen LogP contribution in [-0.4, -0.2) is 36.8 Å². The van der Waals surface area contributed by atoms with Crippen LogP contribution in [-0.2, 0) is 6.54 Å². The Kier molecular flexibility index (Phi) is 5.59. The lowest BCUT2D eigenvalue weighted by Crippen LogP contribution is -2.25. The highest BCUT2D eigenvalue weighted by Gasteiger charge is 2.21. The van der Waals surface area contributed by atoms with Crippen LogP contribution in [0.1, 0.15) is 41.1 Å². The average molecular weight is 405 g/mol. The van der Waals surface area contributed by atoms with E-state index in [-0.39, 0.29) is 17.9 Å². The first kappa shape index (κ1) is 19.1. The van der Waals surface area contributed by atoms with Gasteiger partial charge in [0.2, 0.25) is 0 Å². The van der Waals surface area contributed by atoms with E-state index in [0.29, 0.717) is 28.6 Å². The van der Waals surface area contributed by atoms with E-state index in [0.717, 1.165) is 6.07 Å². The highest BCUT2D eigenvalue weighted by molar-refractivity contribution is 6.30. The highest BCUT2D eigenvalue weighted by atomic mass is 35.5. The second-order valence-corrected chi connectivity index (χ2v) is 5.97. The van der Waals surface area contributed by atoms with E-state index in [1.54, 1.807) is 10.9 Å². The van der Waals surface area contributed by atoms with Crippen LogP contribution in [0.4, 0.5) is 17.6 Å². The molecule has 1 amide bonds. The molecule has 0 radical (unpaired) electrons. The molecule has 0 fully saturated rings. The minimum absolute atomic E-state index is 0.196. The summed E-state index contributed by atoms with van der Waals surface area (Å²) >= 11 is 5.74. The lowest BCUT2D eigenvalue weighted by Gasteiger charge is -2.06. The molecule has 0 spiro atoms. The van der Waals surface area contributed by atoms with Crippen molar-refractivity contribution >= 4 is 23.2 Å². The molecule has 0 aliphatic rings. The monoisotopic (exact) mass is 404 g/mol. The van der Waals surface area contributed by atoms with Crippen LogP contribution in [0.25, 0.3) is 5.65 Å². The summed E-state index contributed by atoms with van der Waals surface area (Å²) in [5.41, 5.74) is -2.01. The molecule has 27 heavy (non-hydrogen) atoms. The molecule has 12 heteroatoms. The smallest absolute Gasteiger partial charge is 0.280 e. The van der Waals surface area contributed by atoms with Crippen molar-refractivity contribution < 1.29 is 22.4 Å². The van der Waals surface area contributed by atoms with Gasteiger partial charge < -0.3 is 5.32 Å². The molecule has 0 saturated carbocycles. The second kappa shape index (κ2) is 7.91. The van der Waals surface area contributed by atoms with Crippen LogP contribution < -0.4 is 5.32 Å². The Labute approximate surface area is 154 Å². The van der Waals surface area contributed by atoms with Crippen molar-refractivity contribution in [1.29, 1.82) is 0 Å². The number of hydrogen-bond donors (Lipinski definition) is 1. The maximum Gasteiger partial charge on any atom is 0.280 e. The Bertz CT molecular complexity index is 957. The molecule has 1 N–H and O–H groups in total. The van der Waals surface area contributed by atoms with E-state index >= 15 is 0 Å². The Morgan fingerprint density at radius 1 is 1.22 bits per heavy atom. The number of amides is 1. The molecule has 0 aliphatic heterocycles. The number of hydrogen-bond acceptors (Lipinski definition) is 4. The van der Waals surface area contributed by atoms with Gasteiger partial charge in [0, 0.05) is 25.4 Å². The van der Waals surface area contributed by atoms with Gasteiger partial charge in [0.15, 0.2) is 11.3 Å². The van der Waals surface area contributed by atoms with E-state index in [9.17, 15) is 22.4 Å². The quantitative estimate of drug-likeness (QED) is 0.484. The zero-order valence-corrected chi connectivity index (χ0v) is 14.4. The molecule has 3 aromatic heterocycles. The van der Waals surface area contributed by atoms with Gasteiger partial charge in [-0.2, -0.15) is 10.2 Å². The highest BCUT2D eigenvalue weighted by Crippen LogP contribution is 2.25. The predicted molar refractivity (Wildman–Crippen MR) is 87.1 cm³/mol. The van der Waals surface area contributed by atoms with Crippen LogP contribution in [0.15, 0.2) is 24.5 Å². The van der Waals surface area contributed by atoms with Crippen molar-refractivity contribution in [1.82, 2.24) is 29.7 Å². The number of carbonyl (C=O) groups is 1. The first-order valence-corrected chi connectivity index (χ1v) is 8.16. The summed E-state index contributed by atoms with van der Waals surface area (Å²) in [6.07, 6.45) is -2.42. The summed E-state index contributed by atoms with van der Waals surface area (Å²) in [4.78, 5) is 15.7.